The predicted octanol–water partition coefficient (Wildman–Crippen LogP) is 3.44. The number of hydrogen-bond acceptors (Lipinski definition) is 5. The Morgan fingerprint density at radius 3 is 2.93 bits per heavy atom. The number of Topliss-reactive ketones (excluding diaryl/α,β-unsaturated/α-hetero) is 1. The number of likely N-dealkylation sites (tertiary alicyclic amines) is 1. The smallest absolute Gasteiger partial charge is 0.268 e. The number of carbonyl (C=O) groups is 2. The zero-order valence-electron chi connectivity index (χ0n) is 16.2. The summed E-state index contributed by atoms with van der Waals surface area (Å²) in [5.74, 6) is -3.94. The van der Waals surface area contributed by atoms with Gasteiger partial charge in [-0.25, -0.2) is 8.78 Å². The minimum atomic E-state index is -3.07. The lowest BCUT2D eigenvalue weighted by Gasteiger charge is -2.19. The molecule has 2 aliphatic heterocycles. The Hall–Kier alpha value is -3.34. The number of pyridine rings is 1. The maximum absolute atomic E-state index is 13.6. The second-order valence-electron chi connectivity index (χ2n) is 7.62. The van der Waals surface area contributed by atoms with Gasteiger partial charge >= 0.3 is 0 Å². The number of rotatable bonds is 5. The molecule has 6 nitrogen and oxygen atoms in total. The Morgan fingerprint density at radius 1 is 1.30 bits per heavy atom. The highest BCUT2D eigenvalue weighted by Gasteiger charge is 2.47. The predicted molar refractivity (Wildman–Crippen MR) is 106 cm³/mol. The molecule has 0 spiro atoms. The van der Waals surface area contributed by atoms with Gasteiger partial charge in [-0.15, -0.1) is 0 Å². The SMILES string of the molecule is N#C[C@@H]1CC(F)(F)CN1C(=O)CCC(=O)c1ccncc1-c1ccc2c(c1)CCN2. The number of aromatic nitrogens is 1. The molecule has 1 N–H and O–H groups in total. The van der Waals surface area contributed by atoms with E-state index in [9.17, 15) is 18.4 Å². The third-order valence-corrected chi connectivity index (χ3v) is 5.55. The maximum Gasteiger partial charge on any atom is 0.268 e. The highest BCUT2D eigenvalue weighted by atomic mass is 19.3. The second-order valence-corrected chi connectivity index (χ2v) is 7.62. The van der Waals surface area contributed by atoms with E-state index in [0.29, 0.717) is 11.1 Å². The molecule has 1 amide bonds. The molecule has 0 unspecified atom stereocenters. The molecule has 1 fully saturated rings. The molecule has 30 heavy (non-hydrogen) atoms. The van der Waals surface area contributed by atoms with Crippen LogP contribution in [0, 0.1) is 11.3 Å². The normalized spacial score (nSPS) is 19.1. The number of fused-ring (bicyclic) bond motifs is 1. The van der Waals surface area contributed by atoms with Gasteiger partial charge in [0.15, 0.2) is 5.78 Å². The number of carbonyl (C=O) groups excluding carboxylic acids is 2. The first-order chi connectivity index (χ1) is 14.4. The number of halogens is 2. The zero-order valence-corrected chi connectivity index (χ0v) is 16.2. The number of nitriles is 1. The fourth-order valence-electron chi connectivity index (χ4n) is 4.03. The molecule has 1 saturated heterocycles. The lowest BCUT2D eigenvalue weighted by atomic mass is 9.95. The highest BCUT2D eigenvalue weighted by Crippen LogP contribution is 2.33. The average Bonchev–Trinajstić information content (AvgIpc) is 3.34. The van der Waals surface area contributed by atoms with E-state index in [0.717, 1.165) is 29.1 Å². The summed E-state index contributed by atoms with van der Waals surface area (Å²) in [5.41, 5.74) is 4.22. The summed E-state index contributed by atoms with van der Waals surface area (Å²) in [4.78, 5) is 30.3. The monoisotopic (exact) mass is 410 g/mol. The van der Waals surface area contributed by atoms with Crippen LogP contribution in [0.5, 0.6) is 0 Å². The Balaban J connectivity index is 1.49. The van der Waals surface area contributed by atoms with Crippen LogP contribution in [0.25, 0.3) is 11.1 Å². The standard InChI is InChI=1S/C22H20F2N4O2/c23-22(24)10-16(11-25)28(13-22)21(30)4-3-20(29)17-6-7-26-12-18(17)14-1-2-19-15(9-14)5-8-27-19/h1-2,6-7,9,12,16,27H,3-5,8,10,13H2/t16-/m0/s1. The minimum absolute atomic E-state index is 0.122. The molecular weight excluding hydrogens is 390 g/mol. The van der Waals surface area contributed by atoms with Gasteiger partial charge in [0.05, 0.1) is 12.6 Å². The van der Waals surface area contributed by atoms with E-state index in [2.05, 4.69) is 10.3 Å². The highest BCUT2D eigenvalue weighted by molar-refractivity contribution is 6.03. The molecule has 0 saturated carbocycles. The number of nitrogens with one attached hydrogen (secondary N) is 1. The molecule has 154 valence electrons. The van der Waals surface area contributed by atoms with Crippen LogP contribution in [0.2, 0.25) is 0 Å². The summed E-state index contributed by atoms with van der Waals surface area (Å²) in [7, 11) is 0. The molecule has 2 aromatic rings. The lowest BCUT2D eigenvalue weighted by Crippen LogP contribution is -2.36. The molecule has 3 heterocycles. The lowest BCUT2D eigenvalue weighted by molar-refractivity contribution is -0.132. The van der Waals surface area contributed by atoms with Crippen molar-refractivity contribution in [3.05, 3.63) is 47.8 Å². The summed E-state index contributed by atoms with van der Waals surface area (Å²) >= 11 is 0. The van der Waals surface area contributed by atoms with Crippen molar-refractivity contribution in [2.24, 2.45) is 0 Å². The second kappa shape index (κ2) is 7.82. The van der Waals surface area contributed by atoms with Crippen LogP contribution >= 0.6 is 0 Å². The van der Waals surface area contributed by atoms with E-state index in [1.165, 1.54) is 11.8 Å². The Morgan fingerprint density at radius 2 is 2.13 bits per heavy atom. The molecule has 0 bridgehead atoms. The third kappa shape index (κ3) is 3.88. The van der Waals surface area contributed by atoms with Crippen LogP contribution in [-0.4, -0.2) is 46.6 Å². The summed E-state index contributed by atoms with van der Waals surface area (Å²) < 4.78 is 27.1. The number of amides is 1. The molecule has 2 aliphatic rings. The Labute approximate surface area is 172 Å². The number of nitrogens with zero attached hydrogens (tertiary/aromatic N) is 3. The van der Waals surface area contributed by atoms with Crippen molar-refractivity contribution in [1.29, 1.82) is 5.26 Å². The van der Waals surface area contributed by atoms with Crippen LogP contribution in [0.4, 0.5) is 14.5 Å². The van der Waals surface area contributed by atoms with Gasteiger partial charge in [0, 0.05) is 55.0 Å². The van der Waals surface area contributed by atoms with Crippen LogP contribution < -0.4 is 5.32 Å². The van der Waals surface area contributed by atoms with E-state index < -0.39 is 30.8 Å². The van der Waals surface area contributed by atoms with Gasteiger partial charge in [-0.1, -0.05) is 6.07 Å². The number of ketones is 1. The molecule has 1 aromatic heterocycles. The maximum atomic E-state index is 13.6. The van der Waals surface area contributed by atoms with Gasteiger partial charge in [0.2, 0.25) is 5.91 Å². The van der Waals surface area contributed by atoms with Crippen LogP contribution in [0.15, 0.2) is 36.7 Å². The van der Waals surface area contributed by atoms with Crippen molar-refractivity contribution in [3.8, 4) is 17.2 Å². The number of hydrogen-bond donors (Lipinski definition) is 1. The number of benzene rings is 1. The quantitative estimate of drug-likeness (QED) is 0.763. The first-order valence-electron chi connectivity index (χ1n) is 9.79. The van der Waals surface area contributed by atoms with Crippen LogP contribution in [0.3, 0.4) is 0 Å². The molecule has 8 heteroatoms. The van der Waals surface area contributed by atoms with Crippen LogP contribution in [0.1, 0.15) is 35.2 Å². The summed E-state index contributed by atoms with van der Waals surface area (Å²) in [6, 6.07) is 8.11. The summed E-state index contributed by atoms with van der Waals surface area (Å²) in [5, 5.41) is 12.3. The van der Waals surface area contributed by atoms with E-state index >= 15 is 0 Å². The van der Waals surface area contributed by atoms with Crippen molar-refractivity contribution >= 4 is 17.4 Å². The summed E-state index contributed by atoms with van der Waals surface area (Å²) in [6.07, 6.45) is 3.03. The molecule has 0 radical (unpaired) electrons. The van der Waals surface area contributed by atoms with Gasteiger partial charge in [-0.05, 0) is 35.7 Å². The molecule has 4 rings (SSSR count). The molecule has 1 atom stereocenters. The van der Waals surface area contributed by atoms with Crippen LogP contribution in [-0.2, 0) is 11.2 Å². The van der Waals surface area contributed by atoms with Crippen molar-refractivity contribution in [2.75, 3.05) is 18.4 Å². The van der Waals surface area contributed by atoms with Gasteiger partial charge in [-0.3, -0.25) is 14.6 Å². The summed E-state index contributed by atoms with van der Waals surface area (Å²) in [6.45, 7) is 0.0981. The number of anilines is 1. The first-order valence-corrected chi connectivity index (χ1v) is 9.79. The van der Waals surface area contributed by atoms with Crippen molar-refractivity contribution in [3.63, 3.8) is 0 Å². The van der Waals surface area contributed by atoms with Gasteiger partial charge in [-0.2, -0.15) is 5.26 Å². The van der Waals surface area contributed by atoms with E-state index in [-0.39, 0.29) is 18.6 Å². The fourth-order valence-corrected chi connectivity index (χ4v) is 4.03. The Bertz CT molecular complexity index is 1050. The average molecular weight is 410 g/mol. The van der Waals surface area contributed by atoms with Crippen molar-refractivity contribution in [2.45, 2.75) is 37.6 Å². The molecule has 0 aliphatic carbocycles. The van der Waals surface area contributed by atoms with Crippen molar-refractivity contribution < 1.29 is 18.4 Å². The van der Waals surface area contributed by atoms with Crippen molar-refractivity contribution in [1.82, 2.24) is 9.88 Å². The van der Waals surface area contributed by atoms with Gasteiger partial charge in [0.25, 0.3) is 5.92 Å². The minimum Gasteiger partial charge on any atom is -0.384 e. The number of alkyl halides is 2. The topological polar surface area (TPSA) is 86.1 Å². The molecular formula is C22H20F2N4O2. The van der Waals surface area contributed by atoms with Gasteiger partial charge < -0.3 is 10.2 Å². The van der Waals surface area contributed by atoms with E-state index in [1.54, 1.807) is 18.3 Å². The molecule has 1 aromatic carbocycles. The third-order valence-electron chi connectivity index (χ3n) is 5.55. The largest absolute Gasteiger partial charge is 0.384 e. The van der Waals surface area contributed by atoms with E-state index in [1.807, 2.05) is 18.2 Å². The zero-order chi connectivity index (χ0) is 21.3. The van der Waals surface area contributed by atoms with Gasteiger partial charge in [0.1, 0.15) is 6.04 Å². The van der Waals surface area contributed by atoms with E-state index in [4.69, 9.17) is 5.26 Å². The Kier molecular flexibility index (Phi) is 5.20. The fraction of sp³-hybridized carbons (Fsp3) is 0.364. The first kappa shape index (κ1) is 20.0.